The summed E-state index contributed by atoms with van der Waals surface area (Å²) < 4.78 is 0. The molecule has 4 nitrogen and oxygen atoms in total. The van der Waals surface area contributed by atoms with Crippen LogP contribution in [0.2, 0.25) is 0 Å². The number of anilines is 1. The van der Waals surface area contributed by atoms with Crippen molar-refractivity contribution in [2.24, 2.45) is 0 Å². The molecule has 0 radical (unpaired) electrons. The topological polar surface area (TPSA) is 36.4 Å². The Labute approximate surface area is 148 Å². The van der Waals surface area contributed by atoms with Gasteiger partial charge in [-0.05, 0) is 18.6 Å². The van der Waals surface area contributed by atoms with Crippen molar-refractivity contribution in [2.45, 2.75) is 39.7 Å². The molecule has 0 N–H and O–H groups in total. The van der Waals surface area contributed by atoms with Crippen LogP contribution in [0.15, 0.2) is 24.3 Å². The van der Waals surface area contributed by atoms with Crippen LogP contribution in [-0.4, -0.2) is 35.9 Å². The number of para-hydroxylation sites is 1. The van der Waals surface area contributed by atoms with Gasteiger partial charge in [0.2, 0.25) is 0 Å². The molecule has 0 saturated carbocycles. The number of fused-ring (bicyclic) bond motifs is 1. The number of rotatable bonds is 1. The predicted molar refractivity (Wildman–Crippen MR) is 100 cm³/mol. The summed E-state index contributed by atoms with van der Waals surface area (Å²) in [6.45, 7) is 10.6. The van der Waals surface area contributed by atoms with E-state index in [0.29, 0.717) is 6.54 Å². The summed E-state index contributed by atoms with van der Waals surface area (Å²) in [7, 11) is 2.09. The van der Waals surface area contributed by atoms with E-state index in [2.05, 4.69) is 55.9 Å². The number of carbonyl (C=O) groups excluding carboxylic acids is 1. The Bertz CT molecular complexity index is 760. The average molecular weight is 343 g/mol. The van der Waals surface area contributed by atoms with Crippen molar-refractivity contribution in [2.75, 3.05) is 25.0 Å². The molecule has 1 aliphatic rings. The molecule has 0 saturated heterocycles. The number of aromatic nitrogens is 1. The van der Waals surface area contributed by atoms with Crippen molar-refractivity contribution >= 4 is 22.9 Å². The van der Waals surface area contributed by atoms with Gasteiger partial charge < -0.3 is 9.80 Å². The number of thiazole rings is 1. The minimum atomic E-state index is -0.0282. The van der Waals surface area contributed by atoms with Crippen LogP contribution in [0.4, 0.5) is 5.69 Å². The molecule has 5 heteroatoms. The summed E-state index contributed by atoms with van der Waals surface area (Å²) in [6.07, 6.45) is 0. The summed E-state index contributed by atoms with van der Waals surface area (Å²) in [5, 5.41) is 1.02. The quantitative estimate of drug-likeness (QED) is 0.789. The number of hydrogen-bond acceptors (Lipinski definition) is 4. The Balaban J connectivity index is 1.90. The molecule has 0 fully saturated rings. The molecule has 0 aliphatic carbocycles. The van der Waals surface area contributed by atoms with Crippen LogP contribution in [-0.2, 0) is 12.0 Å². The number of hydrogen-bond donors (Lipinski definition) is 0. The van der Waals surface area contributed by atoms with Gasteiger partial charge in [0.05, 0.1) is 10.7 Å². The Morgan fingerprint density at radius 2 is 1.92 bits per heavy atom. The van der Waals surface area contributed by atoms with Crippen molar-refractivity contribution < 1.29 is 4.79 Å². The van der Waals surface area contributed by atoms with Crippen LogP contribution >= 0.6 is 11.3 Å². The van der Waals surface area contributed by atoms with E-state index in [0.717, 1.165) is 28.7 Å². The first-order valence-corrected chi connectivity index (χ1v) is 9.15. The number of nitrogens with zero attached hydrogens (tertiary/aromatic N) is 3. The molecule has 1 aliphatic heterocycles. The maximum atomic E-state index is 13.1. The van der Waals surface area contributed by atoms with Crippen molar-refractivity contribution in [1.29, 1.82) is 0 Å². The lowest BCUT2D eigenvalue weighted by Gasteiger charge is -2.20. The van der Waals surface area contributed by atoms with Gasteiger partial charge in [0, 0.05) is 37.8 Å². The maximum Gasteiger partial charge on any atom is 0.266 e. The molecule has 2 aromatic rings. The molecule has 1 amide bonds. The number of benzene rings is 1. The maximum absolute atomic E-state index is 13.1. The fourth-order valence-corrected chi connectivity index (χ4v) is 4.02. The van der Waals surface area contributed by atoms with Gasteiger partial charge in [-0.25, -0.2) is 4.98 Å². The smallest absolute Gasteiger partial charge is 0.266 e. The number of carbonyl (C=O) groups is 1. The van der Waals surface area contributed by atoms with Crippen LogP contribution in [0.3, 0.4) is 0 Å². The molecule has 24 heavy (non-hydrogen) atoms. The van der Waals surface area contributed by atoms with E-state index in [4.69, 9.17) is 0 Å². The summed E-state index contributed by atoms with van der Waals surface area (Å²) >= 11 is 1.54. The van der Waals surface area contributed by atoms with Crippen LogP contribution < -0.4 is 4.90 Å². The van der Waals surface area contributed by atoms with E-state index in [-0.39, 0.29) is 11.3 Å². The second-order valence-corrected chi connectivity index (χ2v) is 8.46. The SMILES string of the molecule is Cc1nc(C(C)(C)C)sc1C(=O)N1CCN(C)c2ccccc2C1. The Hall–Kier alpha value is -1.88. The molecular weight excluding hydrogens is 318 g/mol. The molecule has 3 rings (SSSR count). The van der Waals surface area contributed by atoms with Crippen molar-refractivity contribution in [3.8, 4) is 0 Å². The number of aryl methyl sites for hydroxylation is 1. The third-order valence-corrected chi connectivity index (χ3v) is 5.96. The third-order valence-electron chi connectivity index (χ3n) is 4.39. The van der Waals surface area contributed by atoms with Gasteiger partial charge in [-0.2, -0.15) is 0 Å². The van der Waals surface area contributed by atoms with Gasteiger partial charge in [0.25, 0.3) is 5.91 Å². The second kappa shape index (κ2) is 6.20. The highest BCUT2D eigenvalue weighted by molar-refractivity contribution is 7.14. The number of likely N-dealkylation sites (N-methyl/N-ethyl adjacent to an activating group) is 1. The highest BCUT2D eigenvalue weighted by Crippen LogP contribution is 2.31. The zero-order valence-electron chi connectivity index (χ0n) is 15.1. The third kappa shape index (κ3) is 3.18. The lowest BCUT2D eigenvalue weighted by atomic mass is 9.98. The fraction of sp³-hybridized carbons (Fsp3) is 0.474. The van der Waals surface area contributed by atoms with Crippen LogP contribution in [0, 0.1) is 6.92 Å². The number of amides is 1. The van der Waals surface area contributed by atoms with Gasteiger partial charge in [-0.15, -0.1) is 11.3 Å². The van der Waals surface area contributed by atoms with Crippen molar-refractivity contribution in [1.82, 2.24) is 9.88 Å². The molecule has 128 valence electrons. The first-order chi connectivity index (χ1) is 11.3. The lowest BCUT2D eigenvalue weighted by molar-refractivity contribution is 0.0755. The summed E-state index contributed by atoms with van der Waals surface area (Å²) in [5.41, 5.74) is 3.23. The van der Waals surface area contributed by atoms with E-state index in [1.54, 1.807) is 11.3 Å². The van der Waals surface area contributed by atoms with E-state index < -0.39 is 0 Å². The summed E-state index contributed by atoms with van der Waals surface area (Å²) in [6, 6.07) is 8.32. The van der Waals surface area contributed by atoms with E-state index in [9.17, 15) is 4.79 Å². The first kappa shape index (κ1) is 17.0. The molecule has 2 heterocycles. The highest BCUT2D eigenvalue weighted by atomic mass is 32.1. The van der Waals surface area contributed by atoms with E-state index >= 15 is 0 Å². The zero-order valence-corrected chi connectivity index (χ0v) is 15.9. The molecule has 0 unspecified atom stereocenters. The van der Waals surface area contributed by atoms with Gasteiger partial charge in [0.15, 0.2) is 0 Å². The molecular formula is C19H25N3OS. The monoisotopic (exact) mass is 343 g/mol. The molecule has 0 atom stereocenters. The first-order valence-electron chi connectivity index (χ1n) is 8.33. The van der Waals surface area contributed by atoms with E-state index in [1.165, 1.54) is 11.3 Å². The Kier molecular flexibility index (Phi) is 4.38. The van der Waals surface area contributed by atoms with Crippen LogP contribution in [0.1, 0.15) is 46.7 Å². The van der Waals surface area contributed by atoms with Gasteiger partial charge in [-0.3, -0.25) is 4.79 Å². The largest absolute Gasteiger partial charge is 0.373 e. The highest BCUT2D eigenvalue weighted by Gasteiger charge is 2.27. The summed E-state index contributed by atoms with van der Waals surface area (Å²) in [4.78, 5) is 22.7. The minimum absolute atomic E-state index is 0.0282. The standard InChI is InChI=1S/C19H25N3OS/c1-13-16(24-18(20-13)19(2,3)4)17(23)22-11-10-21(5)15-9-7-6-8-14(15)12-22/h6-9H,10-12H2,1-5H3. The van der Waals surface area contributed by atoms with Crippen molar-refractivity contribution in [3.05, 3.63) is 45.4 Å². The van der Waals surface area contributed by atoms with Gasteiger partial charge in [-0.1, -0.05) is 39.0 Å². The minimum Gasteiger partial charge on any atom is -0.373 e. The Morgan fingerprint density at radius 3 is 2.58 bits per heavy atom. The van der Waals surface area contributed by atoms with Crippen LogP contribution in [0.25, 0.3) is 0 Å². The predicted octanol–water partition coefficient (Wildman–Crippen LogP) is 3.84. The van der Waals surface area contributed by atoms with Gasteiger partial charge in [0.1, 0.15) is 4.88 Å². The summed E-state index contributed by atoms with van der Waals surface area (Å²) in [5.74, 6) is 0.102. The molecule has 1 aromatic heterocycles. The van der Waals surface area contributed by atoms with Crippen LogP contribution in [0.5, 0.6) is 0 Å². The molecule has 0 spiro atoms. The zero-order chi connectivity index (χ0) is 17.5. The van der Waals surface area contributed by atoms with Crippen molar-refractivity contribution in [3.63, 3.8) is 0 Å². The second-order valence-electron chi connectivity index (χ2n) is 7.46. The Morgan fingerprint density at radius 1 is 1.21 bits per heavy atom. The molecule has 0 bridgehead atoms. The normalized spacial score (nSPS) is 15.2. The molecule has 1 aromatic carbocycles. The average Bonchev–Trinajstić information content (AvgIpc) is 2.84. The van der Waals surface area contributed by atoms with Gasteiger partial charge >= 0.3 is 0 Å². The fourth-order valence-electron chi connectivity index (χ4n) is 2.93. The lowest BCUT2D eigenvalue weighted by Crippen LogP contribution is -2.34. The van der Waals surface area contributed by atoms with E-state index in [1.807, 2.05) is 17.9 Å².